The van der Waals surface area contributed by atoms with Gasteiger partial charge in [0.1, 0.15) is 5.35 Å². The van der Waals surface area contributed by atoms with Crippen LogP contribution in [-0.2, 0) is 0 Å². The lowest BCUT2D eigenvalue weighted by Gasteiger charge is -1.80. The van der Waals surface area contributed by atoms with E-state index < -0.39 is 0 Å². The van der Waals surface area contributed by atoms with Crippen LogP contribution < -0.4 is 5.35 Å². The summed E-state index contributed by atoms with van der Waals surface area (Å²) < 4.78 is 1.34. The van der Waals surface area contributed by atoms with Gasteiger partial charge in [-0.3, -0.25) is 0 Å². The van der Waals surface area contributed by atoms with Crippen LogP contribution in [0.5, 0.6) is 5.88 Å². The van der Waals surface area contributed by atoms with Crippen LogP contribution >= 0.6 is 0 Å². The lowest BCUT2D eigenvalue weighted by molar-refractivity contribution is 0.437. The Bertz CT molecular complexity index is 406. The zero-order valence-corrected chi connectivity index (χ0v) is 5.15. The molecule has 0 aliphatic rings. The number of aromatic nitrogens is 3. The molecule has 4 heteroatoms. The molecule has 2 aromatic heterocycles. The topological polar surface area (TPSA) is 50.4 Å². The zero-order chi connectivity index (χ0) is 7.14. The Morgan fingerprint density at radius 3 is 3.00 bits per heavy atom. The van der Waals surface area contributed by atoms with E-state index in [1.165, 1.54) is 4.52 Å². The first kappa shape index (κ1) is 5.22. The van der Waals surface area contributed by atoms with E-state index in [9.17, 15) is 0 Å². The SMILES string of the molecule is C=c1nnn2c(O)ccc12. The van der Waals surface area contributed by atoms with Gasteiger partial charge in [-0.2, -0.15) is 4.52 Å². The molecule has 10 heavy (non-hydrogen) atoms. The number of nitrogens with zero attached hydrogens (tertiary/aromatic N) is 3. The van der Waals surface area contributed by atoms with Crippen molar-refractivity contribution in [3.63, 3.8) is 0 Å². The van der Waals surface area contributed by atoms with E-state index >= 15 is 0 Å². The smallest absolute Gasteiger partial charge is 0.214 e. The highest BCUT2D eigenvalue weighted by Gasteiger charge is 2.01. The van der Waals surface area contributed by atoms with E-state index in [0.717, 1.165) is 5.52 Å². The summed E-state index contributed by atoms with van der Waals surface area (Å²) in [7, 11) is 0. The van der Waals surface area contributed by atoms with E-state index in [1.807, 2.05) is 0 Å². The van der Waals surface area contributed by atoms with Crippen LogP contribution in [0.2, 0.25) is 0 Å². The van der Waals surface area contributed by atoms with Gasteiger partial charge in [-0.25, -0.2) is 0 Å². The summed E-state index contributed by atoms with van der Waals surface area (Å²) in [5.41, 5.74) is 0.748. The monoisotopic (exact) mass is 135 g/mol. The first-order valence-corrected chi connectivity index (χ1v) is 2.81. The standard InChI is InChI=1S/C6H5N3O/c1-4-5-2-3-6(10)9(5)8-7-4/h2-3,10H,1H2. The highest BCUT2D eigenvalue weighted by Crippen LogP contribution is 2.08. The molecule has 0 saturated heterocycles. The van der Waals surface area contributed by atoms with Crippen molar-refractivity contribution in [2.24, 2.45) is 0 Å². The van der Waals surface area contributed by atoms with Crippen molar-refractivity contribution >= 4 is 12.1 Å². The molecular weight excluding hydrogens is 130 g/mol. The molecule has 0 unspecified atom stereocenters. The summed E-state index contributed by atoms with van der Waals surface area (Å²) in [6.45, 7) is 3.62. The lowest BCUT2D eigenvalue weighted by Crippen LogP contribution is -1.95. The Morgan fingerprint density at radius 2 is 2.30 bits per heavy atom. The summed E-state index contributed by atoms with van der Waals surface area (Å²) in [4.78, 5) is 0. The van der Waals surface area contributed by atoms with Crippen LogP contribution in [0.15, 0.2) is 12.1 Å². The first-order valence-electron chi connectivity index (χ1n) is 2.81. The summed E-state index contributed by atoms with van der Waals surface area (Å²) in [6.07, 6.45) is 0. The van der Waals surface area contributed by atoms with Crippen molar-refractivity contribution in [2.45, 2.75) is 0 Å². The fourth-order valence-electron chi connectivity index (χ4n) is 0.880. The molecule has 0 aliphatic heterocycles. The Kier molecular flexibility index (Phi) is 0.768. The van der Waals surface area contributed by atoms with Gasteiger partial charge in [0, 0.05) is 6.07 Å². The molecular formula is C6H5N3O. The zero-order valence-electron chi connectivity index (χ0n) is 5.15. The van der Waals surface area contributed by atoms with Crippen molar-refractivity contribution in [3.05, 3.63) is 17.5 Å². The van der Waals surface area contributed by atoms with Crippen LogP contribution in [-0.4, -0.2) is 19.9 Å². The molecule has 0 saturated carbocycles. The maximum absolute atomic E-state index is 9.06. The molecule has 0 bridgehead atoms. The molecule has 0 atom stereocenters. The minimum Gasteiger partial charge on any atom is -0.493 e. The average Bonchev–Trinajstić information content (AvgIpc) is 2.41. The highest BCUT2D eigenvalue weighted by atomic mass is 16.3. The second-order valence-electron chi connectivity index (χ2n) is 2.02. The molecule has 2 heterocycles. The van der Waals surface area contributed by atoms with Crippen molar-refractivity contribution in [1.29, 1.82) is 0 Å². The normalized spacial score (nSPS) is 10.8. The van der Waals surface area contributed by atoms with Crippen molar-refractivity contribution < 1.29 is 5.11 Å². The quantitative estimate of drug-likeness (QED) is 0.533. The third-order valence-corrected chi connectivity index (χ3v) is 1.39. The largest absolute Gasteiger partial charge is 0.493 e. The Balaban J connectivity index is 3.09. The highest BCUT2D eigenvalue weighted by molar-refractivity contribution is 5.49. The van der Waals surface area contributed by atoms with Crippen LogP contribution in [0.25, 0.3) is 12.1 Å². The molecule has 0 spiro atoms. The third kappa shape index (κ3) is 0.452. The van der Waals surface area contributed by atoms with E-state index in [0.29, 0.717) is 5.35 Å². The average molecular weight is 135 g/mol. The predicted molar refractivity (Wildman–Crippen MR) is 35.4 cm³/mol. The van der Waals surface area contributed by atoms with Crippen molar-refractivity contribution in [3.8, 4) is 5.88 Å². The first-order chi connectivity index (χ1) is 4.79. The van der Waals surface area contributed by atoms with Gasteiger partial charge < -0.3 is 5.11 Å². The fourth-order valence-corrected chi connectivity index (χ4v) is 0.880. The molecule has 50 valence electrons. The molecule has 0 amide bonds. The van der Waals surface area contributed by atoms with Crippen molar-refractivity contribution in [1.82, 2.24) is 14.8 Å². The van der Waals surface area contributed by atoms with E-state index in [4.69, 9.17) is 5.11 Å². The summed E-state index contributed by atoms with van der Waals surface area (Å²) in [5.74, 6) is 0.0948. The predicted octanol–water partition coefficient (Wildman–Crippen LogP) is -0.436. The Hall–Kier alpha value is -1.58. The Morgan fingerprint density at radius 1 is 1.50 bits per heavy atom. The second kappa shape index (κ2) is 1.47. The summed E-state index contributed by atoms with van der Waals surface area (Å²) in [5, 5.41) is 16.9. The molecule has 4 nitrogen and oxygen atoms in total. The Labute approximate surface area is 56.4 Å². The van der Waals surface area contributed by atoms with Crippen LogP contribution in [0.1, 0.15) is 0 Å². The van der Waals surface area contributed by atoms with E-state index in [-0.39, 0.29) is 5.88 Å². The maximum atomic E-state index is 9.06. The van der Waals surface area contributed by atoms with Gasteiger partial charge >= 0.3 is 0 Å². The van der Waals surface area contributed by atoms with Crippen LogP contribution in [0.4, 0.5) is 0 Å². The fraction of sp³-hybridized carbons (Fsp3) is 0. The number of rotatable bonds is 0. The minimum absolute atomic E-state index is 0.0948. The maximum Gasteiger partial charge on any atom is 0.214 e. The van der Waals surface area contributed by atoms with Gasteiger partial charge in [0.15, 0.2) is 0 Å². The molecule has 0 aliphatic carbocycles. The number of hydrogen-bond donors (Lipinski definition) is 1. The van der Waals surface area contributed by atoms with Gasteiger partial charge in [0.05, 0.1) is 5.52 Å². The van der Waals surface area contributed by atoms with Gasteiger partial charge in [-0.1, -0.05) is 11.8 Å². The van der Waals surface area contributed by atoms with E-state index in [2.05, 4.69) is 16.9 Å². The number of fused-ring (bicyclic) bond motifs is 1. The molecule has 0 radical (unpaired) electrons. The van der Waals surface area contributed by atoms with Gasteiger partial charge in [-0.15, -0.1) is 5.10 Å². The van der Waals surface area contributed by atoms with Gasteiger partial charge in [0.25, 0.3) is 0 Å². The second-order valence-corrected chi connectivity index (χ2v) is 2.02. The molecule has 0 aromatic carbocycles. The minimum atomic E-state index is 0.0948. The molecule has 2 aromatic rings. The number of aromatic hydroxyl groups is 1. The van der Waals surface area contributed by atoms with Crippen LogP contribution in [0.3, 0.4) is 0 Å². The van der Waals surface area contributed by atoms with Gasteiger partial charge in [-0.05, 0) is 6.07 Å². The van der Waals surface area contributed by atoms with Crippen LogP contribution in [0, 0.1) is 0 Å². The van der Waals surface area contributed by atoms with Gasteiger partial charge in [0.2, 0.25) is 5.88 Å². The van der Waals surface area contributed by atoms with Crippen molar-refractivity contribution in [2.75, 3.05) is 0 Å². The summed E-state index contributed by atoms with van der Waals surface area (Å²) >= 11 is 0. The molecule has 0 fully saturated rings. The number of hydrogen-bond acceptors (Lipinski definition) is 3. The molecule has 2 rings (SSSR count). The van der Waals surface area contributed by atoms with E-state index in [1.54, 1.807) is 12.1 Å². The lowest BCUT2D eigenvalue weighted by atomic mass is 10.5. The molecule has 1 N–H and O–H groups in total. The third-order valence-electron chi connectivity index (χ3n) is 1.39. The summed E-state index contributed by atoms with van der Waals surface area (Å²) in [6, 6.07) is 3.27.